The molecule has 2 unspecified atom stereocenters. The van der Waals surface area contributed by atoms with E-state index in [1.807, 2.05) is 18.7 Å². The molecule has 21 heavy (non-hydrogen) atoms. The maximum atomic E-state index is 12.5. The van der Waals surface area contributed by atoms with Crippen LogP contribution in [0.15, 0.2) is 0 Å². The van der Waals surface area contributed by atoms with Crippen molar-refractivity contribution in [1.29, 1.82) is 0 Å². The summed E-state index contributed by atoms with van der Waals surface area (Å²) in [7, 11) is 0. The number of rotatable bonds is 4. The molecule has 2 amide bonds. The smallest absolute Gasteiger partial charge is 0.327 e. The van der Waals surface area contributed by atoms with Gasteiger partial charge in [0, 0.05) is 17.0 Å². The second kappa shape index (κ2) is 7.63. The van der Waals surface area contributed by atoms with Gasteiger partial charge in [-0.15, -0.1) is 11.8 Å². The van der Waals surface area contributed by atoms with Gasteiger partial charge in [0.05, 0.1) is 5.37 Å². The number of carboxylic acid groups (broad SMARTS) is 1. The van der Waals surface area contributed by atoms with Gasteiger partial charge < -0.3 is 10.4 Å². The van der Waals surface area contributed by atoms with E-state index in [1.165, 1.54) is 4.90 Å². The van der Waals surface area contributed by atoms with Gasteiger partial charge in [0.2, 0.25) is 0 Å². The summed E-state index contributed by atoms with van der Waals surface area (Å²) in [5.74, 6) is -0.416. The molecule has 0 spiro atoms. The minimum absolute atomic E-state index is 0.0198. The van der Waals surface area contributed by atoms with Crippen molar-refractivity contribution in [3.63, 3.8) is 0 Å². The third kappa shape index (κ3) is 4.00. The molecule has 0 aromatic rings. The monoisotopic (exact) mass is 332 g/mol. The molecule has 1 aliphatic heterocycles. The molecule has 0 radical (unpaired) electrons. The topological polar surface area (TPSA) is 69.6 Å². The maximum absolute atomic E-state index is 12.5. The molecule has 7 heteroatoms. The molecule has 1 heterocycles. The van der Waals surface area contributed by atoms with E-state index in [4.69, 9.17) is 0 Å². The normalized spacial score (nSPS) is 33.0. The van der Waals surface area contributed by atoms with Crippen molar-refractivity contribution >= 4 is 35.5 Å². The number of urea groups is 1. The van der Waals surface area contributed by atoms with Crippen LogP contribution >= 0.6 is 23.5 Å². The average Bonchev–Trinajstić information content (AvgIpc) is 2.92. The van der Waals surface area contributed by atoms with Crippen molar-refractivity contribution in [1.82, 2.24) is 10.2 Å². The fourth-order valence-electron chi connectivity index (χ4n) is 3.03. The molecule has 2 aliphatic rings. The lowest BCUT2D eigenvalue weighted by Crippen LogP contribution is -2.52. The third-order valence-corrected chi connectivity index (χ3v) is 6.89. The van der Waals surface area contributed by atoms with Crippen LogP contribution in [0.3, 0.4) is 0 Å². The van der Waals surface area contributed by atoms with Crippen LogP contribution in [0.2, 0.25) is 0 Å². The zero-order valence-electron chi connectivity index (χ0n) is 12.6. The lowest BCUT2D eigenvalue weighted by atomic mass is 9.95. The number of hydrogen-bond donors (Lipinski definition) is 2. The summed E-state index contributed by atoms with van der Waals surface area (Å²) < 4.78 is 0. The number of thioether (sulfide) groups is 2. The number of hydrogen-bond acceptors (Lipinski definition) is 4. The average molecular weight is 332 g/mol. The van der Waals surface area contributed by atoms with E-state index in [0.717, 1.165) is 32.1 Å². The van der Waals surface area contributed by atoms with E-state index >= 15 is 0 Å². The Hall–Kier alpha value is -0.560. The van der Waals surface area contributed by atoms with Crippen LogP contribution in [-0.2, 0) is 4.79 Å². The van der Waals surface area contributed by atoms with E-state index in [9.17, 15) is 14.7 Å². The first-order valence-electron chi connectivity index (χ1n) is 7.52. The first-order chi connectivity index (χ1) is 10.1. The maximum Gasteiger partial charge on any atom is 0.327 e. The van der Waals surface area contributed by atoms with Gasteiger partial charge in [-0.2, -0.15) is 11.8 Å². The summed E-state index contributed by atoms with van der Waals surface area (Å²) in [4.78, 5) is 25.3. The van der Waals surface area contributed by atoms with Gasteiger partial charge in [-0.3, -0.25) is 4.90 Å². The third-order valence-electron chi connectivity index (χ3n) is 4.30. The lowest BCUT2D eigenvalue weighted by molar-refractivity contribution is -0.141. The van der Waals surface area contributed by atoms with Crippen molar-refractivity contribution in [3.8, 4) is 0 Å². The van der Waals surface area contributed by atoms with E-state index in [2.05, 4.69) is 11.6 Å². The summed E-state index contributed by atoms with van der Waals surface area (Å²) in [6.07, 6.45) is 7.15. The molecule has 0 aromatic carbocycles. The van der Waals surface area contributed by atoms with Crippen LogP contribution in [0, 0.1) is 0 Å². The standard InChI is InChI=1S/C14H24N2O3S2/c1-3-12-16(11(8-21-12)13(17)18)14(19)15-9-4-6-10(20-2)7-5-9/h9-12H,3-8H2,1-2H3,(H,15,19)(H,17,18). The van der Waals surface area contributed by atoms with Gasteiger partial charge in [-0.05, 0) is 38.4 Å². The van der Waals surface area contributed by atoms with Gasteiger partial charge in [0.15, 0.2) is 0 Å². The predicted molar refractivity (Wildman–Crippen MR) is 87.9 cm³/mol. The Morgan fingerprint density at radius 1 is 1.33 bits per heavy atom. The van der Waals surface area contributed by atoms with Crippen LogP contribution in [0.4, 0.5) is 4.79 Å². The Bertz CT molecular complexity index is 386. The first kappa shape index (κ1) is 16.8. The molecule has 2 atom stereocenters. The highest BCUT2D eigenvalue weighted by Crippen LogP contribution is 2.32. The number of carboxylic acids is 1. The Morgan fingerprint density at radius 2 is 2.00 bits per heavy atom. The summed E-state index contributed by atoms with van der Waals surface area (Å²) >= 11 is 3.46. The molecule has 1 aliphatic carbocycles. The Morgan fingerprint density at radius 3 is 2.52 bits per heavy atom. The summed E-state index contributed by atoms with van der Waals surface area (Å²) in [5, 5.41) is 13.0. The highest BCUT2D eigenvalue weighted by atomic mass is 32.2. The molecular weight excluding hydrogens is 308 g/mol. The summed E-state index contributed by atoms with van der Waals surface area (Å²) in [6, 6.07) is -0.701. The molecule has 2 N–H and O–H groups in total. The van der Waals surface area contributed by atoms with Crippen molar-refractivity contribution in [2.45, 2.75) is 61.7 Å². The molecule has 0 aromatic heterocycles. The van der Waals surface area contributed by atoms with Crippen LogP contribution in [0.5, 0.6) is 0 Å². The number of carbonyl (C=O) groups is 2. The first-order valence-corrected chi connectivity index (χ1v) is 9.86. The quantitative estimate of drug-likeness (QED) is 0.828. The second-order valence-electron chi connectivity index (χ2n) is 5.62. The van der Waals surface area contributed by atoms with Crippen LogP contribution in [0.1, 0.15) is 39.0 Å². The summed E-state index contributed by atoms with van der Waals surface area (Å²) in [5.41, 5.74) is 0. The van der Waals surface area contributed by atoms with Crippen LogP contribution in [-0.4, -0.2) is 56.7 Å². The Kier molecular flexibility index (Phi) is 6.10. The van der Waals surface area contributed by atoms with Crippen LogP contribution < -0.4 is 5.32 Å². The highest BCUT2D eigenvalue weighted by Gasteiger charge is 2.41. The Labute approximate surface area is 134 Å². The zero-order valence-corrected chi connectivity index (χ0v) is 14.2. The fraction of sp³-hybridized carbons (Fsp3) is 0.857. The largest absolute Gasteiger partial charge is 0.480 e. The Balaban J connectivity index is 1.93. The minimum atomic E-state index is -0.903. The van der Waals surface area contributed by atoms with E-state index in [1.54, 1.807) is 11.8 Å². The molecule has 2 fully saturated rings. The molecule has 120 valence electrons. The molecule has 2 rings (SSSR count). The highest BCUT2D eigenvalue weighted by molar-refractivity contribution is 8.00. The summed E-state index contributed by atoms with van der Waals surface area (Å²) in [6.45, 7) is 1.99. The molecule has 0 bridgehead atoms. The van der Waals surface area contributed by atoms with Crippen molar-refractivity contribution in [2.24, 2.45) is 0 Å². The predicted octanol–water partition coefficient (Wildman–Crippen LogP) is 2.61. The molecule has 1 saturated heterocycles. The number of carbonyl (C=O) groups excluding carboxylic acids is 1. The molecule has 5 nitrogen and oxygen atoms in total. The van der Waals surface area contributed by atoms with Gasteiger partial charge in [0.25, 0.3) is 0 Å². The van der Waals surface area contributed by atoms with Crippen LogP contribution in [0.25, 0.3) is 0 Å². The van der Waals surface area contributed by atoms with Gasteiger partial charge in [0.1, 0.15) is 6.04 Å². The molecular formula is C14H24N2O3S2. The zero-order chi connectivity index (χ0) is 15.4. The van der Waals surface area contributed by atoms with E-state index in [0.29, 0.717) is 11.0 Å². The lowest BCUT2D eigenvalue weighted by Gasteiger charge is -2.32. The SMILES string of the molecule is CCC1SCC(C(=O)O)N1C(=O)NC1CCC(SC)CC1. The van der Waals surface area contributed by atoms with Gasteiger partial charge in [-0.1, -0.05) is 6.92 Å². The number of aliphatic carboxylic acids is 1. The number of amides is 2. The van der Waals surface area contributed by atoms with Gasteiger partial charge in [-0.25, -0.2) is 9.59 Å². The molecule has 1 saturated carbocycles. The van der Waals surface area contributed by atoms with E-state index in [-0.39, 0.29) is 17.4 Å². The van der Waals surface area contributed by atoms with E-state index < -0.39 is 12.0 Å². The number of nitrogens with zero attached hydrogens (tertiary/aromatic N) is 1. The second-order valence-corrected chi connectivity index (χ2v) is 7.97. The van der Waals surface area contributed by atoms with Crippen molar-refractivity contribution in [2.75, 3.05) is 12.0 Å². The minimum Gasteiger partial charge on any atom is -0.480 e. The van der Waals surface area contributed by atoms with Crippen molar-refractivity contribution < 1.29 is 14.7 Å². The van der Waals surface area contributed by atoms with Crippen molar-refractivity contribution in [3.05, 3.63) is 0 Å². The number of nitrogens with one attached hydrogen (secondary N) is 1. The fourth-order valence-corrected chi connectivity index (χ4v) is 5.12. The van der Waals surface area contributed by atoms with Gasteiger partial charge >= 0.3 is 12.0 Å².